The molecule has 0 saturated heterocycles. The molecule has 3 heteroatoms. The molecular formula is C15H23NO2. The van der Waals surface area contributed by atoms with Crippen molar-refractivity contribution in [3.05, 3.63) is 35.9 Å². The Kier molecular flexibility index (Phi) is 6.44. The summed E-state index contributed by atoms with van der Waals surface area (Å²) in [6.07, 6.45) is 3.05. The highest BCUT2D eigenvalue weighted by atomic mass is 16.4. The van der Waals surface area contributed by atoms with E-state index in [4.69, 9.17) is 5.11 Å². The van der Waals surface area contributed by atoms with Gasteiger partial charge in [-0.25, -0.2) is 0 Å². The van der Waals surface area contributed by atoms with Crippen molar-refractivity contribution in [1.29, 1.82) is 0 Å². The standard InChI is InChI=1S/C15H23NO2/c1-12(16-13(2)9-11-15(17)18)8-10-14-6-4-3-5-7-14/h3-7,12-13,16H,8-11H2,1-2H3,(H,17,18). The molecule has 0 aliphatic rings. The Hall–Kier alpha value is -1.35. The van der Waals surface area contributed by atoms with Crippen LogP contribution in [0.5, 0.6) is 0 Å². The number of carbonyl (C=O) groups is 1. The van der Waals surface area contributed by atoms with Crippen molar-refractivity contribution in [3.63, 3.8) is 0 Å². The summed E-state index contributed by atoms with van der Waals surface area (Å²) in [4.78, 5) is 10.5. The van der Waals surface area contributed by atoms with Crippen LogP contribution in [0.3, 0.4) is 0 Å². The molecule has 0 spiro atoms. The van der Waals surface area contributed by atoms with Crippen molar-refractivity contribution in [2.24, 2.45) is 0 Å². The van der Waals surface area contributed by atoms with Gasteiger partial charge in [-0.2, -0.15) is 0 Å². The van der Waals surface area contributed by atoms with Gasteiger partial charge in [-0.15, -0.1) is 0 Å². The van der Waals surface area contributed by atoms with Gasteiger partial charge in [0.2, 0.25) is 0 Å². The molecule has 3 nitrogen and oxygen atoms in total. The van der Waals surface area contributed by atoms with E-state index in [2.05, 4.69) is 36.5 Å². The third-order valence-electron chi connectivity index (χ3n) is 3.07. The Morgan fingerprint density at radius 2 is 1.78 bits per heavy atom. The van der Waals surface area contributed by atoms with Crippen molar-refractivity contribution in [2.45, 2.75) is 51.6 Å². The Labute approximate surface area is 109 Å². The minimum absolute atomic E-state index is 0.236. The van der Waals surface area contributed by atoms with Gasteiger partial charge in [-0.1, -0.05) is 30.3 Å². The number of nitrogens with one attached hydrogen (secondary N) is 1. The fraction of sp³-hybridized carbons (Fsp3) is 0.533. The highest BCUT2D eigenvalue weighted by Gasteiger charge is 2.09. The minimum atomic E-state index is -0.722. The molecule has 1 aromatic carbocycles. The molecule has 0 aliphatic heterocycles. The number of hydrogen-bond acceptors (Lipinski definition) is 2. The molecule has 0 amide bonds. The van der Waals surface area contributed by atoms with Crippen LogP contribution >= 0.6 is 0 Å². The van der Waals surface area contributed by atoms with Gasteiger partial charge in [0, 0.05) is 18.5 Å². The zero-order valence-electron chi connectivity index (χ0n) is 11.2. The van der Waals surface area contributed by atoms with E-state index < -0.39 is 5.97 Å². The summed E-state index contributed by atoms with van der Waals surface area (Å²) in [7, 11) is 0. The fourth-order valence-corrected chi connectivity index (χ4v) is 2.02. The SMILES string of the molecule is CC(CCC(=O)O)NC(C)CCc1ccccc1. The number of aryl methyl sites for hydroxylation is 1. The van der Waals surface area contributed by atoms with Crippen LogP contribution in [-0.2, 0) is 11.2 Å². The van der Waals surface area contributed by atoms with Crippen LogP contribution in [0.25, 0.3) is 0 Å². The largest absolute Gasteiger partial charge is 0.481 e. The molecule has 1 aromatic rings. The maximum Gasteiger partial charge on any atom is 0.303 e. The predicted octanol–water partition coefficient (Wildman–Crippen LogP) is 2.85. The second-order valence-corrected chi connectivity index (χ2v) is 4.93. The van der Waals surface area contributed by atoms with Crippen LogP contribution < -0.4 is 5.32 Å². The van der Waals surface area contributed by atoms with Crippen LogP contribution in [0.2, 0.25) is 0 Å². The Morgan fingerprint density at radius 3 is 2.39 bits per heavy atom. The second kappa shape index (κ2) is 7.88. The lowest BCUT2D eigenvalue weighted by Gasteiger charge is -2.19. The zero-order chi connectivity index (χ0) is 13.4. The number of aliphatic carboxylic acids is 1. The molecule has 0 bridgehead atoms. The molecule has 0 aliphatic carbocycles. The van der Waals surface area contributed by atoms with Crippen molar-refractivity contribution in [1.82, 2.24) is 5.32 Å². The van der Waals surface area contributed by atoms with E-state index in [9.17, 15) is 4.79 Å². The molecule has 0 fully saturated rings. The maximum absolute atomic E-state index is 10.5. The first kappa shape index (κ1) is 14.7. The monoisotopic (exact) mass is 249 g/mol. The average Bonchev–Trinajstić information content (AvgIpc) is 2.35. The molecule has 0 radical (unpaired) electrons. The van der Waals surface area contributed by atoms with Gasteiger partial charge < -0.3 is 10.4 Å². The summed E-state index contributed by atoms with van der Waals surface area (Å²) in [5.74, 6) is -0.722. The van der Waals surface area contributed by atoms with Crippen LogP contribution in [-0.4, -0.2) is 23.2 Å². The van der Waals surface area contributed by atoms with Crippen molar-refractivity contribution in [2.75, 3.05) is 0 Å². The van der Waals surface area contributed by atoms with Gasteiger partial charge in [0.25, 0.3) is 0 Å². The van der Waals surface area contributed by atoms with E-state index in [1.54, 1.807) is 0 Å². The van der Waals surface area contributed by atoms with Gasteiger partial charge in [0.1, 0.15) is 0 Å². The minimum Gasteiger partial charge on any atom is -0.481 e. The molecule has 2 unspecified atom stereocenters. The summed E-state index contributed by atoms with van der Waals surface area (Å²) in [6.45, 7) is 4.20. The van der Waals surface area contributed by atoms with Crippen LogP contribution in [0, 0.1) is 0 Å². The van der Waals surface area contributed by atoms with Crippen LogP contribution in [0.15, 0.2) is 30.3 Å². The Bertz CT molecular complexity index is 351. The highest BCUT2D eigenvalue weighted by Crippen LogP contribution is 2.06. The quantitative estimate of drug-likeness (QED) is 0.745. The molecule has 0 saturated carbocycles. The zero-order valence-corrected chi connectivity index (χ0v) is 11.2. The van der Waals surface area contributed by atoms with E-state index in [1.807, 2.05) is 13.0 Å². The normalized spacial score (nSPS) is 14.1. The molecular weight excluding hydrogens is 226 g/mol. The first-order chi connectivity index (χ1) is 8.58. The van der Waals surface area contributed by atoms with Crippen molar-refractivity contribution < 1.29 is 9.90 Å². The van der Waals surface area contributed by atoms with E-state index in [-0.39, 0.29) is 12.5 Å². The van der Waals surface area contributed by atoms with Crippen molar-refractivity contribution >= 4 is 5.97 Å². The van der Waals surface area contributed by atoms with Crippen molar-refractivity contribution in [3.8, 4) is 0 Å². The van der Waals surface area contributed by atoms with Gasteiger partial charge in [-0.3, -0.25) is 4.79 Å². The lowest BCUT2D eigenvalue weighted by Crippen LogP contribution is -2.35. The number of carboxylic acid groups (broad SMARTS) is 1. The van der Waals surface area contributed by atoms with Crippen LogP contribution in [0.4, 0.5) is 0 Å². The van der Waals surface area contributed by atoms with E-state index >= 15 is 0 Å². The average molecular weight is 249 g/mol. The number of rotatable bonds is 8. The molecule has 18 heavy (non-hydrogen) atoms. The van der Waals surface area contributed by atoms with Crippen LogP contribution in [0.1, 0.15) is 38.7 Å². The highest BCUT2D eigenvalue weighted by molar-refractivity contribution is 5.66. The summed E-state index contributed by atoms with van der Waals surface area (Å²) < 4.78 is 0. The van der Waals surface area contributed by atoms with E-state index in [0.29, 0.717) is 12.5 Å². The van der Waals surface area contributed by atoms with Gasteiger partial charge in [0.15, 0.2) is 0 Å². The summed E-state index contributed by atoms with van der Waals surface area (Å²) in [6, 6.07) is 11.1. The van der Waals surface area contributed by atoms with Gasteiger partial charge >= 0.3 is 5.97 Å². The third-order valence-corrected chi connectivity index (χ3v) is 3.07. The molecule has 1 rings (SSSR count). The summed E-state index contributed by atoms with van der Waals surface area (Å²) in [5.41, 5.74) is 1.35. The summed E-state index contributed by atoms with van der Waals surface area (Å²) >= 11 is 0. The molecule has 100 valence electrons. The molecule has 0 heterocycles. The second-order valence-electron chi connectivity index (χ2n) is 4.93. The van der Waals surface area contributed by atoms with E-state index in [1.165, 1.54) is 5.56 Å². The molecule has 0 aromatic heterocycles. The molecule has 2 atom stereocenters. The smallest absolute Gasteiger partial charge is 0.303 e. The topological polar surface area (TPSA) is 49.3 Å². The summed E-state index contributed by atoms with van der Waals surface area (Å²) in [5, 5.41) is 12.1. The lowest BCUT2D eigenvalue weighted by molar-refractivity contribution is -0.137. The Balaban J connectivity index is 2.20. The lowest BCUT2D eigenvalue weighted by atomic mass is 10.0. The first-order valence-corrected chi connectivity index (χ1v) is 6.59. The maximum atomic E-state index is 10.5. The van der Waals surface area contributed by atoms with Gasteiger partial charge in [-0.05, 0) is 38.7 Å². The Morgan fingerprint density at radius 1 is 1.17 bits per heavy atom. The van der Waals surface area contributed by atoms with Gasteiger partial charge in [0.05, 0.1) is 0 Å². The number of benzene rings is 1. The predicted molar refractivity (Wildman–Crippen MR) is 73.7 cm³/mol. The first-order valence-electron chi connectivity index (χ1n) is 6.59. The molecule has 2 N–H and O–H groups in total. The van der Waals surface area contributed by atoms with E-state index in [0.717, 1.165) is 12.8 Å². The number of carboxylic acids is 1. The third kappa shape index (κ3) is 6.40. The fourth-order valence-electron chi connectivity index (χ4n) is 2.02. The number of hydrogen-bond donors (Lipinski definition) is 2.